The topological polar surface area (TPSA) is 80.0 Å². The van der Waals surface area contributed by atoms with E-state index in [9.17, 15) is 4.79 Å². The lowest BCUT2D eigenvalue weighted by molar-refractivity contribution is -0.129. The molecule has 122 valence electrons. The molecule has 0 radical (unpaired) electrons. The van der Waals surface area contributed by atoms with E-state index in [2.05, 4.69) is 11.4 Å². The van der Waals surface area contributed by atoms with Gasteiger partial charge in [0.05, 0.1) is 28.6 Å². The number of guanidine groups is 1. The van der Waals surface area contributed by atoms with Crippen molar-refractivity contribution in [1.29, 1.82) is 10.7 Å². The number of halogens is 1. The van der Waals surface area contributed by atoms with E-state index in [1.807, 2.05) is 24.4 Å². The molecule has 1 fully saturated rings. The predicted octanol–water partition coefficient (Wildman–Crippen LogP) is 3.54. The Morgan fingerprint density at radius 2 is 2.25 bits per heavy atom. The number of hydrogen-bond acceptors (Lipinski definition) is 4. The van der Waals surface area contributed by atoms with E-state index in [1.54, 1.807) is 19.2 Å². The minimum atomic E-state index is -0.715. The van der Waals surface area contributed by atoms with Crippen LogP contribution in [0.3, 0.4) is 0 Å². The van der Waals surface area contributed by atoms with Gasteiger partial charge in [-0.05, 0) is 24.6 Å². The zero-order chi connectivity index (χ0) is 17.5. The fraction of sp³-hybridized carbons (Fsp3) is 0.235. The zero-order valence-electron chi connectivity index (χ0n) is 13.2. The Hall–Kier alpha value is -2.36. The number of hydrogen-bond donors (Lipinski definition) is 2. The minimum Gasteiger partial charge on any atom is -0.345 e. The van der Waals surface area contributed by atoms with E-state index in [4.69, 9.17) is 22.3 Å². The van der Waals surface area contributed by atoms with Crippen LogP contribution in [0.1, 0.15) is 23.8 Å². The van der Waals surface area contributed by atoms with Crippen LogP contribution in [0.5, 0.6) is 0 Å². The van der Waals surface area contributed by atoms with Crippen molar-refractivity contribution in [2.24, 2.45) is 0 Å². The highest BCUT2D eigenvalue weighted by Crippen LogP contribution is 2.43. The third-order valence-corrected chi connectivity index (χ3v) is 5.89. The summed E-state index contributed by atoms with van der Waals surface area (Å²) < 4.78 is 0. The second-order valence-electron chi connectivity index (χ2n) is 5.92. The van der Waals surface area contributed by atoms with Crippen molar-refractivity contribution in [3.8, 4) is 17.2 Å². The molecule has 1 aromatic carbocycles. The summed E-state index contributed by atoms with van der Waals surface area (Å²) in [6.07, 6.45) is 0.226. The van der Waals surface area contributed by atoms with Crippen molar-refractivity contribution in [3.63, 3.8) is 0 Å². The molecule has 0 spiro atoms. The number of benzene rings is 1. The van der Waals surface area contributed by atoms with E-state index in [0.29, 0.717) is 10.6 Å². The molecule has 2 N–H and O–H groups in total. The maximum absolute atomic E-state index is 12.1. The highest BCUT2D eigenvalue weighted by molar-refractivity contribution is 7.11. The summed E-state index contributed by atoms with van der Waals surface area (Å²) in [6, 6.07) is 9.36. The van der Waals surface area contributed by atoms with Crippen molar-refractivity contribution >= 4 is 34.8 Å². The van der Waals surface area contributed by atoms with Gasteiger partial charge in [0.25, 0.3) is 0 Å². The molecule has 0 bridgehead atoms. The van der Waals surface area contributed by atoms with Crippen LogP contribution < -0.4 is 5.32 Å². The molecule has 1 aliphatic rings. The van der Waals surface area contributed by atoms with Gasteiger partial charge in [-0.1, -0.05) is 23.7 Å². The normalized spacial score (nSPS) is 20.7. The molecule has 0 unspecified atom stereocenters. The Bertz CT molecular complexity index is 865. The number of carbonyl (C=O) groups is 1. The zero-order valence-corrected chi connectivity index (χ0v) is 14.8. The molecular formula is C17H15ClN4OS. The third-order valence-electron chi connectivity index (χ3n) is 4.14. The largest absolute Gasteiger partial charge is 0.345 e. The van der Waals surface area contributed by atoms with Gasteiger partial charge in [-0.15, -0.1) is 11.3 Å². The summed E-state index contributed by atoms with van der Waals surface area (Å²) in [7, 11) is 1.58. The minimum absolute atomic E-state index is 0.0613. The van der Waals surface area contributed by atoms with Crippen LogP contribution in [0.4, 0.5) is 0 Å². The molecule has 5 nitrogen and oxygen atoms in total. The smallest absolute Gasteiger partial charge is 0.231 e. The maximum Gasteiger partial charge on any atom is 0.231 e. The molecule has 1 aromatic heterocycles. The van der Waals surface area contributed by atoms with E-state index in [-0.39, 0.29) is 18.3 Å². The van der Waals surface area contributed by atoms with Crippen molar-refractivity contribution in [1.82, 2.24) is 10.2 Å². The molecule has 0 saturated carbocycles. The molecule has 1 atom stereocenters. The fourth-order valence-electron chi connectivity index (χ4n) is 2.74. The molecule has 1 aliphatic heterocycles. The molecule has 2 heterocycles. The van der Waals surface area contributed by atoms with Crippen LogP contribution in [0, 0.1) is 16.7 Å². The van der Waals surface area contributed by atoms with Crippen LogP contribution in [0.15, 0.2) is 29.6 Å². The maximum atomic E-state index is 12.1. The number of nitriles is 1. The highest BCUT2D eigenvalue weighted by atomic mass is 35.5. The molecule has 2 aromatic rings. The number of nitrogens with zero attached hydrogens (tertiary/aromatic N) is 2. The standard InChI is InChI=1S/C17H15ClN4OS/c1-17(7-13(23)22(2)16(20)21-17)15-14(18)12(9-24-15)11-5-3-4-10(6-11)8-19/h3-6,9H,7H2,1-2H3,(H2,20,21)/t17-/m0/s1. The first-order valence-corrected chi connectivity index (χ1v) is 8.53. The van der Waals surface area contributed by atoms with Crippen molar-refractivity contribution < 1.29 is 4.79 Å². The Kier molecular flexibility index (Phi) is 4.08. The van der Waals surface area contributed by atoms with Crippen LogP contribution in [0.25, 0.3) is 11.1 Å². The first-order chi connectivity index (χ1) is 11.4. The fourth-order valence-corrected chi connectivity index (χ4v) is 4.40. The Balaban J connectivity index is 2.03. The first-order valence-electron chi connectivity index (χ1n) is 7.27. The summed E-state index contributed by atoms with van der Waals surface area (Å²) in [4.78, 5) is 14.2. The van der Waals surface area contributed by atoms with Gasteiger partial charge < -0.3 is 5.32 Å². The van der Waals surface area contributed by atoms with E-state index < -0.39 is 5.54 Å². The third kappa shape index (κ3) is 2.66. The molecule has 7 heteroatoms. The monoisotopic (exact) mass is 358 g/mol. The number of amides is 1. The van der Waals surface area contributed by atoms with Gasteiger partial charge in [-0.3, -0.25) is 15.1 Å². The van der Waals surface area contributed by atoms with Gasteiger partial charge in [-0.2, -0.15) is 5.26 Å². The van der Waals surface area contributed by atoms with Gasteiger partial charge in [0.2, 0.25) is 5.91 Å². The summed E-state index contributed by atoms with van der Waals surface area (Å²) in [6.45, 7) is 1.87. The summed E-state index contributed by atoms with van der Waals surface area (Å²) in [5.41, 5.74) is 1.54. The van der Waals surface area contributed by atoms with Crippen molar-refractivity contribution in [2.45, 2.75) is 18.9 Å². The number of thiophene rings is 1. The SMILES string of the molecule is CN1C(=N)N[C@](C)(c2scc(-c3cccc(C#N)c3)c2Cl)CC1=O. The van der Waals surface area contributed by atoms with E-state index in [1.165, 1.54) is 16.2 Å². The van der Waals surface area contributed by atoms with Gasteiger partial charge in [0.15, 0.2) is 5.96 Å². The lowest BCUT2D eigenvalue weighted by Gasteiger charge is -2.38. The van der Waals surface area contributed by atoms with Gasteiger partial charge >= 0.3 is 0 Å². The number of nitrogens with one attached hydrogen (secondary N) is 2. The molecule has 24 heavy (non-hydrogen) atoms. The van der Waals surface area contributed by atoms with Crippen LogP contribution in [-0.2, 0) is 10.3 Å². The summed E-state index contributed by atoms with van der Waals surface area (Å²) in [5.74, 6) is -0.0648. The van der Waals surface area contributed by atoms with Gasteiger partial charge in [-0.25, -0.2) is 0 Å². The predicted molar refractivity (Wildman–Crippen MR) is 95.1 cm³/mol. The lowest BCUT2D eigenvalue weighted by Crippen LogP contribution is -2.57. The Morgan fingerprint density at radius 1 is 1.50 bits per heavy atom. The first kappa shape index (κ1) is 16.5. The average Bonchev–Trinajstić information content (AvgIpc) is 2.95. The molecular weight excluding hydrogens is 344 g/mol. The highest BCUT2D eigenvalue weighted by Gasteiger charge is 2.40. The van der Waals surface area contributed by atoms with Gasteiger partial charge in [0.1, 0.15) is 0 Å². The second-order valence-corrected chi connectivity index (χ2v) is 7.18. The van der Waals surface area contributed by atoms with E-state index >= 15 is 0 Å². The molecule has 0 aliphatic carbocycles. The Morgan fingerprint density at radius 3 is 2.92 bits per heavy atom. The van der Waals surface area contributed by atoms with Crippen LogP contribution in [0.2, 0.25) is 5.02 Å². The van der Waals surface area contributed by atoms with Crippen LogP contribution >= 0.6 is 22.9 Å². The number of rotatable bonds is 2. The quantitative estimate of drug-likeness (QED) is 0.861. The molecule has 1 saturated heterocycles. The van der Waals surface area contributed by atoms with Crippen LogP contribution in [-0.4, -0.2) is 23.8 Å². The van der Waals surface area contributed by atoms with Crippen molar-refractivity contribution in [2.75, 3.05) is 7.05 Å². The molecule has 1 amide bonds. The molecule has 3 rings (SSSR count). The van der Waals surface area contributed by atoms with E-state index in [0.717, 1.165) is 16.0 Å². The number of carbonyl (C=O) groups excluding carboxylic acids is 1. The second kappa shape index (κ2) is 5.93. The lowest BCUT2D eigenvalue weighted by atomic mass is 9.92. The Labute approximate surface area is 149 Å². The summed E-state index contributed by atoms with van der Waals surface area (Å²) >= 11 is 8.05. The average molecular weight is 359 g/mol. The van der Waals surface area contributed by atoms with Gasteiger partial charge in [0, 0.05) is 22.9 Å². The van der Waals surface area contributed by atoms with Crippen molar-refractivity contribution in [3.05, 3.63) is 45.1 Å². The summed E-state index contributed by atoms with van der Waals surface area (Å²) in [5, 5.41) is 22.6.